The fourth-order valence-corrected chi connectivity index (χ4v) is 1.79. The number of hydrogen-bond donors (Lipinski definition) is 1. The van der Waals surface area contributed by atoms with Crippen LogP contribution in [0.15, 0.2) is 4.73 Å². The van der Waals surface area contributed by atoms with Crippen LogP contribution in [0, 0.1) is 0 Å². The molecule has 4 nitrogen and oxygen atoms in total. The lowest BCUT2D eigenvalue weighted by Gasteiger charge is -2.08. The van der Waals surface area contributed by atoms with Gasteiger partial charge in [-0.15, -0.1) is 10.2 Å². The molecule has 12 heavy (non-hydrogen) atoms. The van der Waals surface area contributed by atoms with Gasteiger partial charge in [-0.1, -0.05) is 0 Å². The third kappa shape index (κ3) is 1.27. The third-order valence-corrected chi connectivity index (χ3v) is 2.92. The van der Waals surface area contributed by atoms with Crippen molar-refractivity contribution in [2.75, 3.05) is 6.54 Å². The lowest BCUT2D eigenvalue weighted by molar-refractivity contribution is 0.576. The van der Waals surface area contributed by atoms with E-state index in [9.17, 15) is 0 Å². The van der Waals surface area contributed by atoms with Crippen LogP contribution in [0.5, 0.6) is 0 Å². The number of nitrogens with zero attached hydrogens (tertiary/aromatic N) is 3. The van der Waals surface area contributed by atoms with Crippen LogP contribution in [0.3, 0.4) is 0 Å². The molecule has 2 rings (SSSR count). The highest BCUT2D eigenvalue weighted by atomic mass is 79.9. The van der Waals surface area contributed by atoms with Gasteiger partial charge in [0.05, 0.1) is 6.04 Å². The van der Waals surface area contributed by atoms with E-state index < -0.39 is 0 Å². The second-order valence-electron chi connectivity index (χ2n) is 3.04. The van der Waals surface area contributed by atoms with Gasteiger partial charge in [0.2, 0.25) is 0 Å². The fourth-order valence-electron chi connectivity index (χ4n) is 1.53. The normalized spacial score (nSPS) is 23.3. The maximum absolute atomic E-state index is 4.10. The maximum atomic E-state index is 4.10. The summed E-state index contributed by atoms with van der Waals surface area (Å²) < 4.78 is 2.77. The molecule has 0 unspecified atom stereocenters. The van der Waals surface area contributed by atoms with Crippen molar-refractivity contribution in [1.82, 2.24) is 20.1 Å². The smallest absolute Gasteiger partial charge is 0.199 e. The summed E-state index contributed by atoms with van der Waals surface area (Å²) in [6.45, 7) is 1.09. The highest BCUT2D eigenvalue weighted by molar-refractivity contribution is 9.10. The van der Waals surface area contributed by atoms with Gasteiger partial charge in [-0.25, -0.2) is 0 Å². The molecule has 1 aliphatic heterocycles. The van der Waals surface area contributed by atoms with E-state index in [4.69, 9.17) is 0 Å². The van der Waals surface area contributed by atoms with E-state index >= 15 is 0 Å². The van der Waals surface area contributed by atoms with Crippen LogP contribution in [0.25, 0.3) is 0 Å². The zero-order chi connectivity index (χ0) is 8.55. The van der Waals surface area contributed by atoms with Gasteiger partial charge in [-0.3, -0.25) is 0 Å². The summed E-state index contributed by atoms with van der Waals surface area (Å²) in [6, 6.07) is 0.397. The van der Waals surface area contributed by atoms with Gasteiger partial charge in [-0.05, 0) is 35.3 Å². The van der Waals surface area contributed by atoms with Gasteiger partial charge in [0.25, 0.3) is 0 Å². The third-order valence-electron chi connectivity index (χ3n) is 2.23. The molecule has 0 amide bonds. The van der Waals surface area contributed by atoms with Crippen LogP contribution in [-0.2, 0) is 7.05 Å². The summed E-state index contributed by atoms with van der Waals surface area (Å²) in [5.41, 5.74) is 0. The number of nitrogens with one attached hydrogen (secondary N) is 1. The summed E-state index contributed by atoms with van der Waals surface area (Å²) in [5.74, 6) is 1.03. The van der Waals surface area contributed by atoms with Crippen molar-refractivity contribution in [3.05, 3.63) is 10.6 Å². The van der Waals surface area contributed by atoms with Gasteiger partial charge < -0.3 is 9.88 Å². The first-order valence-corrected chi connectivity index (χ1v) is 4.86. The second-order valence-corrected chi connectivity index (χ2v) is 3.74. The number of aromatic nitrogens is 3. The molecule has 1 saturated heterocycles. The molecular weight excluding hydrogens is 220 g/mol. The topological polar surface area (TPSA) is 42.7 Å². The fraction of sp³-hybridized carbons (Fsp3) is 0.714. The Kier molecular flexibility index (Phi) is 2.14. The molecule has 5 heteroatoms. The minimum absolute atomic E-state index is 0.397. The molecule has 0 spiro atoms. The highest BCUT2D eigenvalue weighted by Gasteiger charge is 2.21. The lowest BCUT2D eigenvalue weighted by Crippen LogP contribution is -2.16. The predicted octanol–water partition coefficient (Wildman–Crippen LogP) is 1.00. The summed E-state index contributed by atoms with van der Waals surface area (Å²) in [5, 5.41) is 11.4. The van der Waals surface area contributed by atoms with Crippen molar-refractivity contribution < 1.29 is 0 Å². The molecule has 0 saturated carbocycles. The van der Waals surface area contributed by atoms with Crippen molar-refractivity contribution >= 4 is 15.9 Å². The van der Waals surface area contributed by atoms with Crippen molar-refractivity contribution in [1.29, 1.82) is 0 Å². The maximum Gasteiger partial charge on any atom is 0.199 e. The molecule has 1 aromatic rings. The molecule has 2 heterocycles. The molecular formula is C7H11BrN4. The van der Waals surface area contributed by atoms with Crippen molar-refractivity contribution in [2.24, 2.45) is 7.05 Å². The van der Waals surface area contributed by atoms with E-state index in [1.165, 1.54) is 12.8 Å². The Morgan fingerprint density at radius 1 is 1.58 bits per heavy atom. The van der Waals surface area contributed by atoms with Crippen LogP contribution in [-0.4, -0.2) is 21.3 Å². The van der Waals surface area contributed by atoms with Gasteiger partial charge in [0, 0.05) is 7.05 Å². The average Bonchev–Trinajstić information content (AvgIpc) is 2.64. The Labute approximate surface area is 79.5 Å². The summed E-state index contributed by atoms with van der Waals surface area (Å²) >= 11 is 3.32. The summed E-state index contributed by atoms with van der Waals surface area (Å²) in [4.78, 5) is 0. The standard InChI is InChI=1S/C7H11BrN4/c1-12-6(10-11-7(12)8)5-3-2-4-9-5/h5,9H,2-4H2,1H3/t5-/m0/s1. The first kappa shape index (κ1) is 8.19. The van der Waals surface area contributed by atoms with Gasteiger partial charge >= 0.3 is 0 Å². The molecule has 1 fully saturated rings. The van der Waals surface area contributed by atoms with Crippen LogP contribution in [0.4, 0.5) is 0 Å². The second kappa shape index (κ2) is 3.14. The van der Waals surface area contributed by atoms with Crippen LogP contribution < -0.4 is 5.32 Å². The molecule has 66 valence electrons. The largest absolute Gasteiger partial charge is 0.307 e. The Morgan fingerprint density at radius 3 is 2.92 bits per heavy atom. The van der Waals surface area contributed by atoms with E-state index in [0.717, 1.165) is 17.1 Å². The van der Waals surface area contributed by atoms with Crippen LogP contribution in [0.1, 0.15) is 24.7 Å². The molecule has 1 atom stereocenters. The van der Waals surface area contributed by atoms with Gasteiger partial charge in [0.1, 0.15) is 0 Å². The lowest BCUT2D eigenvalue weighted by atomic mass is 10.2. The van der Waals surface area contributed by atoms with Crippen molar-refractivity contribution in [3.8, 4) is 0 Å². The number of hydrogen-bond acceptors (Lipinski definition) is 3. The molecule has 0 bridgehead atoms. The minimum Gasteiger partial charge on any atom is -0.307 e. The van der Waals surface area contributed by atoms with Crippen LogP contribution in [0.2, 0.25) is 0 Å². The first-order chi connectivity index (χ1) is 5.79. The monoisotopic (exact) mass is 230 g/mol. The van der Waals surface area contributed by atoms with E-state index in [-0.39, 0.29) is 0 Å². The average molecular weight is 231 g/mol. The number of rotatable bonds is 1. The van der Waals surface area contributed by atoms with E-state index in [0.29, 0.717) is 6.04 Å². The van der Waals surface area contributed by atoms with E-state index in [2.05, 4.69) is 31.4 Å². The van der Waals surface area contributed by atoms with Gasteiger partial charge in [0.15, 0.2) is 10.6 Å². The van der Waals surface area contributed by atoms with Crippen molar-refractivity contribution in [3.63, 3.8) is 0 Å². The Balaban J connectivity index is 2.26. The summed E-state index contributed by atoms with van der Waals surface area (Å²) in [7, 11) is 1.97. The van der Waals surface area contributed by atoms with Gasteiger partial charge in [-0.2, -0.15) is 0 Å². The predicted molar refractivity (Wildman–Crippen MR) is 48.7 cm³/mol. The Hall–Kier alpha value is -0.420. The SMILES string of the molecule is Cn1c(Br)nnc1[C@@H]1CCCN1. The molecule has 0 aromatic carbocycles. The zero-order valence-electron chi connectivity index (χ0n) is 6.92. The molecule has 1 aromatic heterocycles. The van der Waals surface area contributed by atoms with Crippen molar-refractivity contribution in [2.45, 2.75) is 18.9 Å². The molecule has 1 N–H and O–H groups in total. The first-order valence-electron chi connectivity index (χ1n) is 4.07. The minimum atomic E-state index is 0.397. The summed E-state index contributed by atoms with van der Waals surface area (Å²) in [6.07, 6.45) is 2.40. The zero-order valence-corrected chi connectivity index (χ0v) is 8.50. The molecule has 0 radical (unpaired) electrons. The molecule has 1 aliphatic rings. The van der Waals surface area contributed by atoms with Crippen LogP contribution >= 0.6 is 15.9 Å². The van der Waals surface area contributed by atoms with E-state index in [1.54, 1.807) is 0 Å². The van der Waals surface area contributed by atoms with E-state index in [1.807, 2.05) is 11.6 Å². The Bertz CT molecular complexity index is 277. The quantitative estimate of drug-likeness (QED) is 0.784. The Morgan fingerprint density at radius 2 is 2.42 bits per heavy atom. The highest BCUT2D eigenvalue weighted by Crippen LogP contribution is 2.22. The number of halogens is 1. The molecule has 0 aliphatic carbocycles.